The van der Waals surface area contributed by atoms with Gasteiger partial charge in [-0.25, -0.2) is 9.97 Å². The number of hydrogen-bond acceptors (Lipinski definition) is 5. The molecule has 0 aliphatic heterocycles. The van der Waals surface area contributed by atoms with Crippen LogP contribution in [0.1, 0.15) is 0 Å². The van der Waals surface area contributed by atoms with Gasteiger partial charge in [0.1, 0.15) is 0 Å². The maximum atomic E-state index is 12.1. The van der Waals surface area contributed by atoms with Crippen LogP contribution in [0.2, 0.25) is 0 Å². The number of benzene rings is 1. The molecule has 0 saturated carbocycles. The van der Waals surface area contributed by atoms with Crippen LogP contribution < -0.4 is 9.47 Å². The van der Waals surface area contributed by atoms with E-state index in [4.69, 9.17) is 9.47 Å². The van der Waals surface area contributed by atoms with Gasteiger partial charge in [-0.15, -0.1) is 0 Å². The van der Waals surface area contributed by atoms with E-state index in [-0.39, 0.29) is 0 Å². The van der Waals surface area contributed by atoms with Crippen LogP contribution >= 0.6 is 0 Å². The Morgan fingerprint density at radius 1 is 1.14 bits per heavy atom. The van der Waals surface area contributed by atoms with Crippen LogP contribution in [0.5, 0.6) is 11.5 Å². The topological polar surface area (TPSA) is 66.2 Å². The van der Waals surface area contributed by atoms with Crippen LogP contribution in [0.15, 0.2) is 41.7 Å². The number of ether oxygens (including phenoxy) is 2. The molecule has 1 atom stereocenters. The minimum absolute atomic E-state index is 0.417. The van der Waals surface area contributed by atoms with Gasteiger partial charge in [0.15, 0.2) is 11.6 Å². The van der Waals surface area contributed by atoms with Crippen molar-refractivity contribution in [1.82, 2.24) is 14.5 Å². The lowest BCUT2D eigenvalue weighted by Gasteiger charge is -2.13. The van der Waals surface area contributed by atoms with Crippen molar-refractivity contribution in [2.45, 2.75) is 5.16 Å². The van der Waals surface area contributed by atoms with E-state index in [1.807, 2.05) is 24.3 Å². The summed E-state index contributed by atoms with van der Waals surface area (Å²) in [7, 11) is 1.83. The fourth-order valence-electron chi connectivity index (χ4n) is 2.33. The number of fused-ring (bicyclic) bond motifs is 1. The third-order valence-corrected chi connectivity index (χ3v) is 4.06. The Labute approximate surface area is 130 Å². The van der Waals surface area contributed by atoms with Gasteiger partial charge in [0.25, 0.3) is 0 Å². The summed E-state index contributed by atoms with van der Waals surface area (Å²) in [6.45, 7) is 0. The molecule has 1 aromatic carbocycles. The van der Waals surface area contributed by atoms with E-state index in [2.05, 4.69) is 9.97 Å². The molecule has 0 aliphatic rings. The van der Waals surface area contributed by atoms with Crippen molar-refractivity contribution in [1.29, 1.82) is 0 Å². The SMILES string of the molecule is COc1ccnc(-n2c(S(C)=O)nc3ccccc32)c1OC. The molecule has 0 spiro atoms. The van der Waals surface area contributed by atoms with Crippen molar-refractivity contribution in [3.8, 4) is 17.3 Å². The van der Waals surface area contributed by atoms with Gasteiger partial charge in [-0.05, 0) is 12.1 Å². The number of rotatable bonds is 4. The molecule has 0 amide bonds. The number of para-hydroxylation sites is 2. The molecule has 2 aromatic heterocycles. The van der Waals surface area contributed by atoms with Gasteiger partial charge in [-0.3, -0.25) is 8.78 Å². The summed E-state index contributed by atoms with van der Waals surface area (Å²) in [6.07, 6.45) is 3.21. The first-order chi connectivity index (χ1) is 10.7. The van der Waals surface area contributed by atoms with Crippen LogP contribution in [0.25, 0.3) is 16.9 Å². The molecule has 114 valence electrons. The van der Waals surface area contributed by atoms with Crippen molar-refractivity contribution in [3.05, 3.63) is 36.5 Å². The summed E-state index contributed by atoms with van der Waals surface area (Å²) < 4.78 is 24.6. The van der Waals surface area contributed by atoms with E-state index in [0.29, 0.717) is 22.5 Å². The summed E-state index contributed by atoms with van der Waals surface area (Å²) >= 11 is 0. The highest BCUT2D eigenvalue weighted by Crippen LogP contribution is 2.34. The zero-order valence-electron chi connectivity index (χ0n) is 12.4. The first-order valence-electron chi connectivity index (χ1n) is 6.55. The number of methoxy groups -OCH3 is 2. The highest BCUT2D eigenvalue weighted by Gasteiger charge is 2.21. The van der Waals surface area contributed by atoms with Crippen LogP contribution in [0.3, 0.4) is 0 Å². The van der Waals surface area contributed by atoms with Crippen LogP contribution in [-0.4, -0.2) is 39.2 Å². The predicted octanol–water partition coefficient (Wildman–Crippen LogP) is 2.18. The van der Waals surface area contributed by atoms with Gasteiger partial charge in [0.05, 0.1) is 36.1 Å². The predicted molar refractivity (Wildman–Crippen MR) is 84.3 cm³/mol. The molecule has 6 nitrogen and oxygen atoms in total. The molecule has 22 heavy (non-hydrogen) atoms. The average molecular weight is 317 g/mol. The molecule has 0 N–H and O–H groups in total. The fourth-order valence-corrected chi connectivity index (χ4v) is 3.00. The van der Waals surface area contributed by atoms with E-state index in [0.717, 1.165) is 11.0 Å². The van der Waals surface area contributed by atoms with Gasteiger partial charge in [-0.1, -0.05) is 12.1 Å². The van der Waals surface area contributed by atoms with E-state index >= 15 is 0 Å². The Bertz CT molecular complexity index is 860. The van der Waals surface area contributed by atoms with Crippen LogP contribution in [0, 0.1) is 0 Å². The molecule has 2 heterocycles. The molecule has 0 aliphatic carbocycles. The summed E-state index contributed by atoms with van der Waals surface area (Å²) in [5, 5.41) is 0.417. The standard InChI is InChI=1S/C15H15N3O3S/c1-20-12-8-9-16-14(13(12)21-2)18-11-7-5-4-6-10(11)17-15(18)22(3)19/h4-9H,1-3H3. The lowest BCUT2D eigenvalue weighted by molar-refractivity contribution is 0.351. The zero-order chi connectivity index (χ0) is 15.7. The van der Waals surface area contributed by atoms with Crippen molar-refractivity contribution in [2.24, 2.45) is 0 Å². The van der Waals surface area contributed by atoms with E-state index in [1.54, 1.807) is 37.3 Å². The Balaban J connectivity index is 2.39. The summed E-state index contributed by atoms with van der Waals surface area (Å²) in [5.74, 6) is 1.53. The number of pyridine rings is 1. The molecule has 7 heteroatoms. The summed E-state index contributed by atoms with van der Waals surface area (Å²) in [4.78, 5) is 8.82. The van der Waals surface area contributed by atoms with Crippen LogP contribution in [0.4, 0.5) is 0 Å². The van der Waals surface area contributed by atoms with Crippen molar-refractivity contribution < 1.29 is 13.7 Å². The number of aromatic nitrogens is 3. The first kappa shape index (κ1) is 14.5. The Kier molecular flexibility index (Phi) is 3.81. The maximum absolute atomic E-state index is 12.1. The Morgan fingerprint density at radius 3 is 2.59 bits per heavy atom. The van der Waals surface area contributed by atoms with Gasteiger partial charge in [0.2, 0.25) is 10.9 Å². The second kappa shape index (κ2) is 5.76. The minimum atomic E-state index is -1.28. The quantitative estimate of drug-likeness (QED) is 0.738. The van der Waals surface area contributed by atoms with E-state index in [9.17, 15) is 4.21 Å². The normalized spacial score (nSPS) is 12.3. The Hall–Kier alpha value is -2.41. The summed E-state index contributed by atoms with van der Waals surface area (Å²) in [6, 6.07) is 9.27. The second-order valence-electron chi connectivity index (χ2n) is 4.54. The number of hydrogen-bond donors (Lipinski definition) is 0. The van der Waals surface area contributed by atoms with Gasteiger partial charge >= 0.3 is 0 Å². The first-order valence-corrected chi connectivity index (χ1v) is 8.11. The highest BCUT2D eigenvalue weighted by atomic mass is 32.2. The van der Waals surface area contributed by atoms with Crippen molar-refractivity contribution >= 4 is 21.8 Å². The number of nitrogens with zero attached hydrogens (tertiary/aromatic N) is 3. The number of imidazole rings is 1. The van der Waals surface area contributed by atoms with Crippen LogP contribution in [-0.2, 0) is 10.8 Å². The van der Waals surface area contributed by atoms with Gasteiger partial charge < -0.3 is 9.47 Å². The van der Waals surface area contributed by atoms with Crippen molar-refractivity contribution in [2.75, 3.05) is 20.5 Å². The fraction of sp³-hybridized carbons (Fsp3) is 0.200. The van der Waals surface area contributed by atoms with Gasteiger partial charge in [-0.2, -0.15) is 0 Å². The smallest absolute Gasteiger partial charge is 0.205 e. The molecule has 3 aromatic rings. The third kappa shape index (κ3) is 2.23. The highest BCUT2D eigenvalue weighted by molar-refractivity contribution is 7.84. The van der Waals surface area contributed by atoms with E-state index < -0.39 is 10.8 Å². The largest absolute Gasteiger partial charge is 0.493 e. The summed E-state index contributed by atoms with van der Waals surface area (Å²) in [5.41, 5.74) is 1.56. The molecular weight excluding hydrogens is 302 g/mol. The molecule has 0 radical (unpaired) electrons. The van der Waals surface area contributed by atoms with Crippen molar-refractivity contribution in [3.63, 3.8) is 0 Å². The monoisotopic (exact) mass is 317 g/mol. The molecule has 0 fully saturated rings. The lowest BCUT2D eigenvalue weighted by atomic mass is 10.3. The average Bonchev–Trinajstić information content (AvgIpc) is 2.93. The molecule has 1 unspecified atom stereocenters. The molecule has 0 saturated heterocycles. The molecule has 3 rings (SSSR count). The van der Waals surface area contributed by atoms with E-state index in [1.165, 1.54) is 0 Å². The molecule has 0 bridgehead atoms. The maximum Gasteiger partial charge on any atom is 0.205 e. The third-order valence-electron chi connectivity index (χ3n) is 3.27. The van der Waals surface area contributed by atoms with Gasteiger partial charge in [0, 0.05) is 18.5 Å². The Morgan fingerprint density at radius 2 is 1.91 bits per heavy atom. The lowest BCUT2D eigenvalue weighted by Crippen LogP contribution is -2.07. The zero-order valence-corrected chi connectivity index (χ0v) is 13.3. The minimum Gasteiger partial charge on any atom is -0.493 e. The molecular formula is C15H15N3O3S. The second-order valence-corrected chi connectivity index (χ2v) is 5.82.